The van der Waals surface area contributed by atoms with E-state index >= 15 is 0 Å². The fraction of sp³-hybridized carbons (Fsp3) is 0.270. The van der Waals surface area contributed by atoms with Crippen molar-refractivity contribution in [2.75, 3.05) is 0 Å². The molecule has 0 amide bonds. The molecule has 0 unspecified atom stereocenters. The first kappa shape index (κ1) is 28.1. The van der Waals surface area contributed by atoms with Crippen molar-refractivity contribution < 1.29 is 4.58 Å². The van der Waals surface area contributed by atoms with E-state index < -0.39 is 0 Å². The monoisotopic (exact) mass is 539 g/mol. The lowest BCUT2D eigenvalue weighted by molar-refractivity contribution is -0.246. The Morgan fingerprint density at radius 1 is 0.805 bits per heavy atom. The molecule has 3 aromatic carbocycles. The SMILES string of the molecule is C=[N+]1C=Nc2c(c(-c3ccccc3)c(-c3ccccc3)n2Cc2cccc(C#CCCCCCCCCC)c2)C1=N. The topological polar surface area (TPSA) is 44.1 Å². The number of nitrogens with one attached hydrogen (secondary N) is 1. The van der Waals surface area contributed by atoms with Gasteiger partial charge in [0, 0.05) is 24.3 Å². The van der Waals surface area contributed by atoms with Gasteiger partial charge in [-0.2, -0.15) is 5.41 Å². The van der Waals surface area contributed by atoms with Gasteiger partial charge in [0.25, 0.3) is 5.84 Å². The molecule has 1 aromatic heterocycles. The molecule has 0 saturated heterocycles. The summed E-state index contributed by atoms with van der Waals surface area (Å²) in [5, 5.41) is 8.96. The fourth-order valence-corrected chi connectivity index (χ4v) is 5.49. The summed E-state index contributed by atoms with van der Waals surface area (Å²) in [6.07, 6.45) is 11.7. The van der Waals surface area contributed by atoms with Crippen LogP contribution in [0.15, 0.2) is 89.9 Å². The van der Waals surface area contributed by atoms with Crippen LogP contribution in [0.1, 0.15) is 75.0 Å². The number of fused-ring (bicyclic) bond motifs is 1. The fourth-order valence-electron chi connectivity index (χ4n) is 5.49. The number of hydrogen-bond acceptors (Lipinski definition) is 2. The van der Waals surface area contributed by atoms with Gasteiger partial charge >= 0.3 is 0 Å². The van der Waals surface area contributed by atoms with Gasteiger partial charge in [-0.3, -0.25) is 0 Å². The third-order valence-corrected chi connectivity index (χ3v) is 7.59. The van der Waals surface area contributed by atoms with E-state index in [1.54, 1.807) is 6.34 Å². The standard InChI is InChI=1S/C37H39N4/c1-3-4-5-6-7-8-9-10-13-19-29-20-18-21-30(26-29)27-41-35(32-24-16-12-17-25-32)33(31-22-14-11-15-23-31)34-36(38)40(2)28-39-37(34)41/h11-12,14-18,20-26,28,38H,2-10,27H2,1H3/q+1. The number of benzene rings is 3. The normalized spacial score (nSPS) is 12.2. The Kier molecular flexibility index (Phi) is 9.39. The molecule has 0 spiro atoms. The summed E-state index contributed by atoms with van der Waals surface area (Å²) in [6.45, 7) is 6.90. The van der Waals surface area contributed by atoms with Crippen LogP contribution >= 0.6 is 0 Å². The van der Waals surface area contributed by atoms with Crippen LogP contribution in [-0.4, -0.2) is 28.0 Å². The van der Waals surface area contributed by atoms with Crippen LogP contribution in [0.5, 0.6) is 0 Å². The molecule has 0 radical (unpaired) electrons. The molecular weight excluding hydrogens is 500 g/mol. The largest absolute Gasteiger partial charge is 0.306 e. The predicted molar refractivity (Wildman–Crippen MR) is 173 cm³/mol. The molecule has 1 N–H and O–H groups in total. The first-order chi connectivity index (χ1) is 20.2. The molecular formula is C37H39N4+. The lowest BCUT2D eigenvalue weighted by atomic mass is 9.96. The predicted octanol–water partition coefficient (Wildman–Crippen LogP) is 9.07. The molecule has 0 bridgehead atoms. The van der Waals surface area contributed by atoms with E-state index in [0.29, 0.717) is 12.4 Å². The Morgan fingerprint density at radius 3 is 2.22 bits per heavy atom. The highest BCUT2D eigenvalue weighted by molar-refractivity contribution is 6.10. The van der Waals surface area contributed by atoms with Crippen molar-refractivity contribution in [1.29, 1.82) is 5.41 Å². The van der Waals surface area contributed by atoms with Gasteiger partial charge in [0.1, 0.15) is 5.56 Å². The number of unbranched alkanes of at least 4 members (excludes halogenated alkanes) is 7. The van der Waals surface area contributed by atoms with Gasteiger partial charge in [0.05, 0.1) is 12.2 Å². The minimum atomic E-state index is 0.342. The summed E-state index contributed by atoms with van der Waals surface area (Å²) in [4.78, 5) is 4.81. The number of aromatic nitrogens is 1. The molecule has 2 heterocycles. The zero-order valence-corrected chi connectivity index (χ0v) is 24.1. The summed E-state index contributed by atoms with van der Waals surface area (Å²) in [5.41, 5.74) is 7.20. The summed E-state index contributed by atoms with van der Waals surface area (Å²) in [7, 11) is 0. The first-order valence-corrected chi connectivity index (χ1v) is 14.9. The molecule has 0 atom stereocenters. The third-order valence-electron chi connectivity index (χ3n) is 7.59. The number of nitrogens with zero attached hydrogens (tertiary/aromatic N) is 3. The van der Waals surface area contributed by atoms with E-state index in [1.807, 2.05) is 24.3 Å². The van der Waals surface area contributed by atoms with Gasteiger partial charge in [0.15, 0.2) is 0 Å². The van der Waals surface area contributed by atoms with Crippen LogP contribution in [0.25, 0.3) is 22.4 Å². The van der Waals surface area contributed by atoms with Gasteiger partial charge in [-0.25, -0.2) is 4.58 Å². The highest BCUT2D eigenvalue weighted by atomic mass is 15.2. The Hall–Kier alpha value is -4.49. The van der Waals surface area contributed by atoms with Crippen LogP contribution in [0, 0.1) is 17.3 Å². The zero-order chi connectivity index (χ0) is 28.4. The van der Waals surface area contributed by atoms with Gasteiger partial charge in [-0.1, -0.05) is 135 Å². The maximum atomic E-state index is 8.96. The summed E-state index contributed by atoms with van der Waals surface area (Å²) >= 11 is 0. The summed E-state index contributed by atoms with van der Waals surface area (Å²) in [6, 6.07) is 29.2. The molecule has 1 aliphatic rings. The highest BCUT2D eigenvalue weighted by Crippen LogP contribution is 2.44. The van der Waals surface area contributed by atoms with E-state index in [2.05, 4.69) is 90.7 Å². The van der Waals surface area contributed by atoms with Gasteiger partial charge in [0.2, 0.25) is 12.2 Å². The summed E-state index contributed by atoms with van der Waals surface area (Å²) in [5.74, 6) is 7.92. The van der Waals surface area contributed by atoms with Crippen molar-refractivity contribution in [2.24, 2.45) is 4.99 Å². The van der Waals surface area contributed by atoms with Gasteiger partial charge in [-0.05, 0) is 35.2 Å². The van der Waals surface area contributed by atoms with Crippen molar-refractivity contribution >= 4 is 24.7 Å². The summed E-state index contributed by atoms with van der Waals surface area (Å²) < 4.78 is 3.78. The minimum Gasteiger partial charge on any atom is -0.306 e. The molecule has 41 heavy (non-hydrogen) atoms. The van der Waals surface area contributed by atoms with E-state index in [0.717, 1.165) is 51.3 Å². The molecule has 0 fully saturated rings. The van der Waals surface area contributed by atoms with E-state index in [1.165, 1.54) is 49.5 Å². The van der Waals surface area contributed by atoms with Crippen LogP contribution in [0.2, 0.25) is 0 Å². The van der Waals surface area contributed by atoms with E-state index in [-0.39, 0.29) is 0 Å². The first-order valence-electron chi connectivity index (χ1n) is 14.9. The number of aliphatic imine (C=N–C) groups is 1. The third kappa shape index (κ3) is 6.64. The van der Waals surface area contributed by atoms with Crippen LogP contribution in [-0.2, 0) is 6.54 Å². The van der Waals surface area contributed by atoms with Crippen molar-refractivity contribution in [1.82, 2.24) is 4.57 Å². The van der Waals surface area contributed by atoms with Crippen LogP contribution < -0.4 is 0 Å². The van der Waals surface area contributed by atoms with E-state index in [9.17, 15) is 0 Å². The molecule has 4 nitrogen and oxygen atoms in total. The number of amidine groups is 1. The zero-order valence-electron chi connectivity index (χ0n) is 24.1. The van der Waals surface area contributed by atoms with Crippen molar-refractivity contribution in [3.05, 3.63) is 102 Å². The quantitative estimate of drug-likeness (QED) is 0.112. The van der Waals surface area contributed by atoms with Crippen LogP contribution in [0.4, 0.5) is 5.82 Å². The minimum absolute atomic E-state index is 0.342. The second-order valence-corrected chi connectivity index (χ2v) is 10.7. The Bertz CT molecular complexity index is 1600. The van der Waals surface area contributed by atoms with Crippen molar-refractivity contribution in [2.45, 2.75) is 64.8 Å². The van der Waals surface area contributed by atoms with Crippen LogP contribution in [0.3, 0.4) is 0 Å². The Balaban J connectivity index is 1.47. The molecule has 5 rings (SSSR count). The molecule has 4 aromatic rings. The van der Waals surface area contributed by atoms with Crippen molar-refractivity contribution in [3.8, 4) is 34.2 Å². The Labute approximate surface area is 244 Å². The number of rotatable bonds is 11. The van der Waals surface area contributed by atoms with Crippen molar-refractivity contribution in [3.63, 3.8) is 0 Å². The van der Waals surface area contributed by atoms with Gasteiger partial charge < -0.3 is 4.57 Å². The molecule has 0 aliphatic carbocycles. The maximum absolute atomic E-state index is 8.96. The number of hydrogen-bond donors (Lipinski definition) is 1. The van der Waals surface area contributed by atoms with E-state index in [4.69, 9.17) is 10.4 Å². The lowest BCUT2D eigenvalue weighted by Gasteiger charge is -2.13. The molecule has 206 valence electrons. The molecule has 1 aliphatic heterocycles. The van der Waals surface area contributed by atoms with Gasteiger partial charge in [-0.15, -0.1) is 0 Å². The molecule has 0 saturated carbocycles. The second kappa shape index (κ2) is 13.7. The highest BCUT2D eigenvalue weighted by Gasteiger charge is 2.34. The molecule has 4 heteroatoms. The second-order valence-electron chi connectivity index (χ2n) is 10.7. The maximum Gasteiger partial charge on any atom is 0.271 e. The smallest absolute Gasteiger partial charge is 0.271 e. The average Bonchev–Trinajstić information content (AvgIpc) is 3.33. The lowest BCUT2D eigenvalue weighted by Crippen LogP contribution is -2.21. The Morgan fingerprint density at radius 2 is 1.49 bits per heavy atom. The average molecular weight is 540 g/mol.